The van der Waals surface area contributed by atoms with Crippen molar-refractivity contribution in [3.8, 4) is 0 Å². The number of thiophene rings is 1. The van der Waals surface area contributed by atoms with E-state index in [4.69, 9.17) is 5.11 Å². The van der Waals surface area contributed by atoms with E-state index in [0.29, 0.717) is 5.82 Å². The first kappa shape index (κ1) is 13.7. The minimum absolute atomic E-state index is 0.0547. The number of aromatic nitrogens is 2. The third-order valence-electron chi connectivity index (χ3n) is 3.00. The van der Waals surface area contributed by atoms with Gasteiger partial charge in [-0.3, -0.25) is 4.79 Å². The summed E-state index contributed by atoms with van der Waals surface area (Å²) in [7, 11) is 0. The molecule has 0 aromatic carbocycles. The van der Waals surface area contributed by atoms with E-state index in [-0.39, 0.29) is 17.9 Å². The minimum atomic E-state index is -0.817. The Morgan fingerprint density at radius 2 is 2.21 bits per heavy atom. The van der Waals surface area contributed by atoms with Gasteiger partial charge in [-0.15, -0.1) is 11.3 Å². The van der Waals surface area contributed by atoms with Crippen LogP contribution in [-0.4, -0.2) is 27.1 Å². The van der Waals surface area contributed by atoms with Crippen LogP contribution in [0.3, 0.4) is 0 Å². The van der Waals surface area contributed by atoms with Crippen molar-refractivity contribution in [2.45, 2.75) is 33.2 Å². The molecule has 0 aliphatic rings. The highest BCUT2D eigenvalue weighted by atomic mass is 32.1. The summed E-state index contributed by atoms with van der Waals surface area (Å²) >= 11 is 1.54. The highest BCUT2D eigenvalue weighted by Gasteiger charge is 2.27. The number of carboxylic acid groups (broad SMARTS) is 1. The fourth-order valence-corrected chi connectivity index (χ4v) is 2.55. The standard InChI is InChI=1S/C13H17N3O2S/c1-13(2,3)9(6-10(17)18)16-11-8-4-5-19-12(8)15-7-14-11/h4-5,7,9H,6H2,1-3H3,(H,17,18)(H,14,15,16). The number of fused-ring (bicyclic) bond motifs is 1. The maximum absolute atomic E-state index is 11.0. The Morgan fingerprint density at radius 3 is 2.84 bits per heavy atom. The lowest BCUT2D eigenvalue weighted by molar-refractivity contribution is -0.137. The molecule has 19 heavy (non-hydrogen) atoms. The van der Waals surface area contributed by atoms with Crippen LogP contribution in [-0.2, 0) is 4.79 Å². The number of nitrogens with one attached hydrogen (secondary N) is 1. The van der Waals surface area contributed by atoms with Gasteiger partial charge in [0.1, 0.15) is 17.0 Å². The molecule has 0 saturated heterocycles. The third kappa shape index (κ3) is 3.20. The summed E-state index contributed by atoms with van der Waals surface area (Å²) in [6.45, 7) is 6.04. The number of carbonyl (C=O) groups is 1. The van der Waals surface area contributed by atoms with Crippen molar-refractivity contribution in [2.24, 2.45) is 5.41 Å². The van der Waals surface area contributed by atoms with Crippen LogP contribution < -0.4 is 5.32 Å². The lowest BCUT2D eigenvalue weighted by Gasteiger charge is -2.30. The van der Waals surface area contributed by atoms with Crippen LogP contribution in [0.5, 0.6) is 0 Å². The largest absolute Gasteiger partial charge is 0.481 e. The molecule has 2 N–H and O–H groups in total. The van der Waals surface area contributed by atoms with Gasteiger partial charge in [0.15, 0.2) is 0 Å². The zero-order valence-electron chi connectivity index (χ0n) is 11.2. The van der Waals surface area contributed by atoms with Crippen LogP contribution in [0, 0.1) is 5.41 Å². The SMILES string of the molecule is CC(C)(C)C(CC(=O)O)Nc1ncnc2sccc12. The molecule has 2 aromatic heterocycles. The van der Waals surface area contributed by atoms with Crippen molar-refractivity contribution in [3.05, 3.63) is 17.8 Å². The molecule has 0 spiro atoms. The topological polar surface area (TPSA) is 75.1 Å². The first-order valence-electron chi connectivity index (χ1n) is 6.04. The maximum atomic E-state index is 11.0. The predicted octanol–water partition coefficient (Wildman–Crippen LogP) is 2.99. The predicted molar refractivity (Wildman–Crippen MR) is 76.5 cm³/mol. The Kier molecular flexibility index (Phi) is 3.71. The second kappa shape index (κ2) is 5.13. The second-order valence-corrected chi connectivity index (χ2v) is 6.42. The molecule has 2 rings (SSSR count). The van der Waals surface area contributed by atoms with Crippen LogP contribution in [0.15, 0.2) is 17.8 Å². The fraction of sp³-hybridized carbons (Fsp3) is 0.462. The number of anilines is 1. The average Bonchev–Trinajstić information content (AvgIpc) is 2.75. The van der Waals surface area contributed by atoms with Gasteiger partial charge in [-0.1, -0.05) is 20.8 Å². The lowest BCUT2D eigenvalue weighted by Crippen LogP contribution is -2.36. The molecule has 0 aliphatic carbocycles. The summed E-state index contributed by atoms with van der Waals surface area (Å²) in [5, 5.41) is 15.2. The van der Waals surface area contributed by atoms with Crippen molar-refractivity contribution >= 4 is 33.3 Å². The van der Waals surface area contributed by atoms with Crippen molar-refractivity contribution in [3.63, 3.8) is 0 Å². The van der Waals surface area contributed by atoms with Gasteiger partial charge < -0.3 is 10.4 Å². The van der Waals surface area contributed by atoms with Gasteiger partial charge in [-0.05, 0) is 16.9 Å². The molecule has 1 unspecified atom stereocenters. The highest BCUT2D eigenvalue weighted by molar-refractivity contribution is 7.16. The highest BCUT2D eigenvalue weighted by Crippen LogP contribution is 2.29. The number of carboxylic acids is 1. The number of aliphatic carboxylic acids is 1. The van der Waals surface area contributed by atoms with Crippen LogP contribution in [0.25, 0.3) is 10.2 Å². The van der Waals surface area contributed by atoms with Crippen molar-refractivity contribution < 1.29 is 9.90 Å². The Balaban J connectivity index is 2.30. The van der Waals surface area contributed by atoms with E-state index in [2.05, 4.69) is 15.3 Å². The molecule has 0 radical (unpaired) electrons. The van der Waals surface area contributed by atoms with E-state index in [1.807, 2.05) is 32.2 Å². The second-order valence-electron chi connectivity index (χ2n) is 5.52. The molecule has 2 aromatic rings. The fourth-order valence-electron chi connectivity index (χ4n) is 1.82. The van der Waals surface area contributed by atoms with E-state index in [1.54, 1.807) is 11.3 Å². The quantitative estimate of drug-likeness (QED) is 0.900. The van der Waals surface area contributed by atoms with Crippen molar-refractivity contribution in [1.82, 2.24) is 9.97 Å². The molecule has 0 aliphatic heterocycles. The van der Waals surface area contributed by atoms with Crippen LogP contribution >= 0.6 is 11.3 Å². The maximum Gasteiger partial charge on any atom is 0.305 e. The van der Waals surface area contributed by atoms with Crippen LogP contribution in [0.1, 0.15) is 27.2 Å². The molecule has 6 heteroatoms. The summed E-state index contributed by atoms with van der Waals surface area (Å²) in [5.41, 5.74) is -0.175. The van der Waals surface area contributed by atoms with Crippen molar-refractivity contribution in [2.75, 3.05) is 5.32 Å². The van der Waals surface area contributed by atoms with E-state index in [0.717, 1.165) is 10.2 Å². The Hall–Kier alpha value is -1.69. The van der Waals surface area contributed by atoms with Gasteiger partial charge in [0.2, 0.25) is 0 Å². The van der Waals surface area contributed by atoms with Gasteiger partial charge in [-0.25, -0.2) is 9.97 Å². The smallest absolute Gasteiger partial charge is 0.305 e. The van der Waals surface area contributed by atoms with Gasteiger partial charge in [0.05, 0.1) is 11.8 Å². The molecule has 5 nitrogen and oxygen atoms in total. The van der Waals surface area contributed by atoms with E-state index in [9.17, 15) is 4.79 Å². The van der Waals surface area contributed by atoms with Crippen LogP contribution in [0.2, 0.25) is 0 Å². The molecule has 0 fully saturated rings. The summed E-state index contributed by atoms with van der Waals surface area (Å²) in [5.74, 6) is -0.115. The number of nitrogens with zero attached hydrogens (tertiary/aromatic N) is 2. The summed E-state index contributed by atoms with van der Waals surface area (Å²) in [6.07, 6.45) is 1.56. The molecule has 0 saturated carbocycles. The number of rotatable bonds is 4. The summed E-state index contributed by atoms with van der Waals surface area (Å²) in [6, 6.07) is 1.76. The summed E-state index contributed by atoms with van der Waals surface area (Å²) in [4.78, 5) is 20.3. The first-order valence-corrected chi connectivity index (χ1v) is 6.92. The number of hydrogen-bond acceptors (Lipinski definition) is 5. The van der Waals surface area contributed by atoms with Gasteiger partial charge in [-0.2, -0.15) is 0 Å². The summed E-state index contributed by atoms with van der Waals surface area (Å²) < 4.78 is 0. The molecule has 0 amide bonds. The van der Waals surface area contributed by atoms with Gasteiger partial charge in [0.25, 0.3) is 0 Å². The molecular formula is C13H17N3O2S. The minimum Gasteiger partial charge on any atom is -0.481 e. The van der Waals surface area contributed by atoms with Gasteiger partial charge >= 0.3 is 5.97 Å². The zero-order valence-corrected chi connectivity index (χ0v) is 12.0. The normalized spacial score (nSPS) is 13.4. The van der Waals surface area contributed by atoms with Crippen molar-refractivity contribution in [1.29, 1.82) is 0 Å². The van der Waals surface area contributed by atoms with Gasteiger partial charge in [0, 0.05) is 6.04 Å². The third-order valence-corrected chi connectivity index (χ3v) is 3.82. The Labute approximate surface area is 115 Å². The zero-order chi connectivity index (χ0) is 14.0. The lowest BCUT2D eigenvalue weighted by atomic mass is 9.84. The molecule has 2 heterocycles. The van der Waals surface area contributed by atoms with E-state index >= 15 is 0 Å². The average molecular weight is 279 g/mol. The molecule has 102 valence electrons. The molecule has 0 bridgehead atoms. The monoisotopic (exact) mass is 279 g/mol. The Morgan fingerprint density at radius 1 is 1.47 bits per heavy atom. The first-order chi connectivity index (χ1) is 8.88. The molecule has 1 atom stereocenters. The Bertz CT molecular complexity index is 589. The van der Waals surface area contributed by atoms with E-state index < -0.39 is 5.97 Å². The van der Waals surface area contributed by atoms with Crippen LogP contribution in [0.4, 0.5) is 5.82 Å². The number of hydrogen-bond donors (Lipinski definition) is 2. The van der Waals surface area contributed by atoms with E-state index in [1.165, 1.54) is 6.33 Å². The molecular weight excluding hydrogens is 262 g/mol.